The third-order valence-electron chi connectivity index (χ3n) is 7.03. The van der Waals surface area contributed by atoms with E-state index in [0.29, 0.717) is 24.2 Å². The lowest BCUT2D eigenvalue weighted by atomic mass is 10.1. The number of benzene rings is 3. The monoisotopic (exact) mass is 598 g/mol. The molecule has 0 fully saturated rings. The van der Waals surface area contributed by atoms with E-state index < -0.39 is 29.7 Å². The molecule has 3 aromatic carbocycles. The van der Waals surface area contributed by atoms with Gasteiger partial charge in [0.15, 0.2) is 17.7 Å². The minimum atomic E-state index is -1.80. The molecule has 0 N–H and O–H groups in total. The van der Waals surface area contributed by atoms with Gasteiger partial charge in [-0.1, -0.05) is 83.4 Å². The van der Waals surface area contributed by atoms with Crippen molar-refractivity contribution in [2.24, 2.45) is 0 Å². The average Bonchev–Trinajstić information content (AvgIpc) is 2.99. The fourth-order valence-corrected chi connectivity index (χ4v) is 4.51. The maximum atomic E-state index is 14.6. The van der Waals surface area contributed by atoms with Crippen LogP contribution in [0, 0.1) is 11.6 Å². The highest BCUT2D eigenvalue weighted by molar-refractivity contribution is 5.91. The van der Waals surface area contributed by atoms with Gasteiger partial charge in [0, 0.05) is 6.07 Å². The molecule has 5 nitrogen and oxygen atoms in total. The second kappa shape index (κ2) is 18.0. The molecule has 0 aromatic heterocycles. The summed E-state index contributed by atoms with van der Waals surface area (Å²) >= 11 is 0. The van der Waals surface area contributed by atoms with Crippen molar-refractivity contribution in [1.82, 2.24) is 0 Å². The summed E-state index contributed by atoms with van der Waals surface area (Å²) in [4.78, 5) is 24.5. The third-order valence-corrected chi connectivity index (χ3v) is 7.03. The summed E-state index contributed by atoms with van der Waals surface area (Å²) in [5.74, 6) is -3.33. The van der Waals surface area contributed by atoms with Gasteiger partial charge in [0.05, 0.1) is 12.2 Å². The standard InChI is InChI=1S/C35H41F3O5/c1-3-5-7-9-10-12-22-41-33-21-16-26(23-32(33)38)25-14-17-27(18-15-25)42-34(39)29-20-19-28(24-31(29)37)43-35(40)30(36)13-11-8-6-4-2/h14-21,23-24,30H,3-13,22H2,1-2H3. The fourth-order valence-electron chi connectivity index (χ4n) is 4.51. The Kier molecular flexibility index (Phi) is 14.1. The first-order valence-corrected chi connectivity index (χ1v) is 15.2. The second-order valence-corrected chi connectivity index (χ2v) is 10.6. The first-order chi connectivity index (χ1) is 20.8. The molecule has 0 bridgehead atoms. The highest BCUT2D eigenvalue weighted by atomic mass is 19.1. The molecule has 0 aliphatic carbocycles. The van der Waals surface area contributed by atoms with E-state index in [0.717, 1.165) is 50.7 Å². The zero-order chi connectivity index (χ0) is 31.0. The highest BCUT2D eigenvalue weighted by Crippen LogP contribution is 2.28. The number of ether oxygens (including phenoxy) is 3. The van der Waals surface area contributed by atoms with E-state index in [-0.39, 0.29) is 29.2 Å². The van der Waals surface area contributed by atoms with Crippen LogP contribution in [0.15, 0.2) is 60.7 Å². The van der Waals surface area contributed by atoms with Crippen molar-refractivity contribution in [3.63, 3.8) is 0 Å². The van der Waals surface area contributed by atoms with Crippen LogP contribution in [-0.4, -0.2) is 24.7 Å². The van der Waals surface area contributed by atoms with Gasteiger partial charge in [-0.2, -0.15) is 0 Å². The molecule has 0 aliphatic heterocycles. The molecule has 1 atom stereocenters. The summed E-state index contributed by atoms with van der Waals surface area (Å²) in [5, 5.41) is 0. The van der Waals surface area contributed by atoms with Gasteiger partial charge in [0.2, 0.25) is 0 Å². The third kappa shape index (κ3) is 11.1. The minimum Gasteiger partial charge on any atom is -0.491 e. The fraction of sp³-hybridized carbons (Fsp3) is 0.429. The van der Waals surface area contributed by atoms with Gasteiger partial charge in [0.25, 0.3) is 0 Å². The number of hydrogen-bond acceptors (Lipinski definition) is 5. The lowest BCUT2D eigenvalue weighted by Gasteiger charge is -2.11. The molecule has 1 unspecified atom stereocenters. The molecule has 0 spiro atoms. The predicted molar refractivity (Wildman–Crippen MR) is 161 cm³/mol. The van der Waals surface area contributed by atoms with Crippen LogP contribution in [-0.2, 0) is 4.79 Å². The molecule has 8 heteroatoms. The van der Waals surface area contributed by atoms with E-state index in [4.69, 9.17) is 14.2 Å². The molecule has 0 saturated carbocycles. The van der Waals surface area contributed by atoms with Crippen LogP contribution in [0.5, 0.6) is 17.2 Å². The maximum absolute atomic E-state index is 14.6. The summed E-state index contributed by atoms with van der Waals surface area (Å²) < 4.78 is 59.1. The van der Waals surface area contributed by atoms with Gasteiger partial charge >= 0.3 is 11.9 Å². The molecule has 0 heterocycles. The van der Waals surface area contributed by atoms with Crippen molar-refractivity contribution in [2.75, 3.05) is 6.61 Å². The molecule has 232 valence electrons. The number of carbonyl (C=O) groups excluding carboxylic acids is 2. The largest absolute Gasteiger partial charge is 0.491 e. The van der Waals surface area contributed by atoms with Crippen molar-refractivity contribution in [2.45, 2.75) is 90.6 Å². The predicted octanol–water partition coefficient (Wildman–Crippen LogP) is 9.80. The van der Waals surface area contributed by atoms with Crippen LogP contribution >= 0.6 is 0 Å². The van der Waals surface area contributed by atoms with Crippen LogP contribution < -0.4 is 14.2 Å². The van der Waals surface area contributed by atoms with Crippen molar-refractivity contribution >= 4 is 11.9 Å². The zero-order valence-electron chi connectivity index (χ0n) is 25.0. The minimum absolute atomic E-state index is 0.0402. The Morgan fingerprint density at radius 1 is 0.674 bits per heavy atom. The van der Waals surface area contributed by atoms with Crippen LogP contribution in [0.2, 0.25) is 0 Å². The topological polar surface area (TPSA) is 61.8 Å². The number of carbonyl (C=O) groups is 2. The lowest BCUT2D eigenvalue weighted by Crippen LogP contribution is -2.22. The Hall–Kier alpha value is -3.81. The Bertz CT molecular complexity index is 1310. The normalized spacial score (nSPS) is 11.7. The Morgan fingerprint density at radius 3 is 1.98 bits per heavy atom. The molecule has 0 amide bonds. The number of hydrogen-bond donors (Lipinski definition) is 0. The number of rotatable bonds is 18. The number of alkyl halides is 1. The summed E-state index contributed by atoms with van der Waals surface area (Å²) in [6.07, 6.45) is 8.30. The molecule has 0 saturated heterocycles. The summed E-state index contributed by atoms with van der Waals surface area (Å²) in [6.45, 7) is 4.67. The summed E-state index contributed by atoms with van der Waals surface area (Å²) in [7, 11) is 0. The second-order valence-electron chi connectivity index (χ2n) is 10.6. The van der Waals surface area contributed by atoms with Crippen molar-refractivity contribution in [3.05, 3.63) is 77.9 Å². The SMILES string of the molecule is CCCCCCCCOc1ccc(-c2ccc(OC(=O)c3ccc(OC(=O)C(F)CCCCCC)cc3F)cc2)cc1F. The highest BCUT2D eigenvalue weighted by Gasteiger charge is 2.21. The Morgan fingerprint density at radius 2 is 1.30 bits per heavy atom. The quantitative estimate of drug-likeness (QED) is 0.0829. The van der Waals surface area contributed by atoms with Crippen LogP contribution in [0.25, 0.3) is 11.1 Å². The van der Waals surface area contributed by atoms with Crippen molar-refractivity contribution in [1.29, 1.82) is 0 Å². The van der Waals surface area contributed by atoms with Crippen molar-refractivity contribution < 1.29 is 37.0 Å². The van der Waals surface area contributed by atoms with Gasteiger partial charge in [-0.3, -0.25) is 0 Å². The van der Waals surface area contributed by atoms with Crippen LogP contribution in [0.3, 0.4) is 0 Å². The van der Waals surface area contributed by atoms with Gasteiger partial charge in [0.1, 0.15) is 17.3 Å². The Labute approximate surface area is 252 Å². The number of unbranched alkanes of at least 4 members (excludes halogenated alkanes) is 8. The smallest absolute Gasteiger partial charge is 0.346 e. The summed E-state index contributed by atoms with van der Waals surface area (Å²) in [6, 6.07) is 14.3. The van der Waals surface area contributed by atoms with E-state index in [1.54, 1.807) is 24.3 Å². The maximum Gasteiger partial charge on any atom is 0.346 e. The lowest BCUT2D eigenvalue weighted by molar-refractivity contribution is -0.140. The number of esters is 2. The first-order valence-electron chi connectivity index (χ1n) is 15.2. The molecule has 3 rings (SSSR count). The molecule has 3 aromatic rings. The molecular weight excluding hydrogens is 557 g/mol. The van der Waals surface area contributed by atoms with E-state index in [2.05, 4.69) is 6.92 Å². The van der Waals surface area contributed by atoms with E-state index >= 15 is 0 Å². The zero-order valence-corrected chi connectivity index (χ0v) is 25.0. The van der Waals surface area contributed by atoms with Gasteiger partial charge in [-0.25, -0.2) is 22.8 Å². The first kappa shape index (κ1) is 33.7. The van der Waals surface area contributed by atoms with Crippen LogP contribution in [0.4, 0.5) is 13.2 Å². The molecule has 0 radical (unpaired) electrons. The average molecular weight is 599 g/mol. The van der Waals surface area contributed by atoms with E-state index in [9.17, 15) is 22.8 Å². The molecule has 43 heavy (non-hydrogen) atoms. The molecular formula is C35H41F3O5. The van der Waals surface area contributed by atoms with E-state index in [1.165, 1.54) is 43.5 Å². The van der Waals surface area contributed by atoms with Gasteiger partial charge in [-0.15, -0.1) is 0 Å². The summed E-state index contributed by atoms with van der Waals surface area (Å²) in [5.41, 5.74) is 0.934. The number of halogens is 3. The van der Waals surface area contributed by atoms with Gasteiger partial charge < -0.3 is 14.2 Å². The van der Waals surface area contributed by atoms with Crippen molar-refractivity contribution in [3.8, 4) is 28.4 Å². The van der Waals surface area contributed by atoms with Gasteiger partial charge in [-0.05, 0) is 66.8 Å². The Balaban J connectivity index is 1.51. The van der Waals surface area contributed by atoms with E-state index in [1.807, 2.05) is 6.92 Å². The molecule has 0 aliphatic rings. The van der Waals surface area contributed by atoms with Crippen LogP contribution in [0.1, 0.15) is 94.8 Å².